The van der Waals surface area contributed by atoms with Crippen LogP contribution >= 0.6 is 15.9 Å². The molecule has 0 saturated carbocycles. The third-order valence-corrected chi connectivity index (χ3v) is 3.77. The molecule has 100 valence electrons. The van der Waals surface area contributed by atoms with Gasteiger partial charge in [-0.05, 0) is 41.1 Å². The second-order valence-electron chi connectivity index (χ2n) is 4.69. The molecule has 0 aliphatic carbocycles. The van der Waals surface area contributed by atoms with Crippen LogP contribution in [0, 0.1) is 0 Å². The summed E-state index contributed by atoms with van der Waals surface area (Å²) in [5.41, 5.74) is 1.91. The standard InChI is InChI=1S/C17H14BrNO/c18-15-6-8-17(20)14(9-15)11-19-16-7-5-12-3-1-2-4-13(12)10-16/h1-10,19-20H,11H2. The average molecular weight is 328 g/mol. The molecule has 0 bridgehead atoms. The average Bonchev–Trinajstić information content (AvgIpc) is 2.48. The third kappa shape index (κ3) is 2.78. The molecular formula is C17H14BrNO. The number of fused-ring (bicyclic) bond motifs is 1. The number of anilines is 1. The van der Waals surface area contributed by atoms with Crippen molar-refractivity contribution in [1.82, 2.24) is 0 Å². The van der Waals surface area contributed by atoms with Crippen molar-refractivity contribution in [2.75, 3.05) is 5.32 Å². The van der Waals surface area contributed by atoms with E-state index in [0.717, 1.165) is 15.7 Å². The van der Waals surface area contributed by atoms with Crippen LogP contribution in [0.15, 0.2) is 65.1 Å². The minimum atomic E-state index is 0.307. The van der Waals surface area contributed by atoms with Crippen LogP contribution in [-0.2, 0) is 6.54 Å². The van der Waals surface area contributed by atoms with Gasteiger partial charge in [0.05, 0.1) is 0 Å². The van der Waals surface area contributed by atoms with E-state index < -0.39 is 0 Å². The smallest absolute Gasteiger partial charge is 0.120 e. The largest absolute Gasteiger partial charge is 0.508 e. The summed E-state index contributed by atoms with van der Waals surface area (Å²) in [5.74, 6) is 0.307. The Morgan fingerprint density at radius 1 is 0.900 bits per heavy atom. The maximum Gasteiger partial charge on any atom is 0.120 e. The fraction of sp³-hybridized carbons (Fsp3) is 0.0588. The number of hydrogen-bond donors (Lipinski definition) is 2. The van der Waals surface area contributed by atoms with E-state index in [1.165, 1.54) is 10.8 Å². The molecule has 3 aromatic carbocycles. The highest BCUT2D eigenvalue weighted by Gasteiger charge is 2.02. The number of nitrogens with one attached hydrogen (secondary N) is 1. The highest BCUT2D eigenvalue weighted by Crippen LogP contribution is 2.24. The molecule has 3 aromatic rings. The van der Waals surface area contributed by atoms with E-state index >= 15 is 0 Å². The van der Waals surface area contributed by atoms with Gasteiger partial charge in [-0.1, -0.05) is 46.3 Å². The first-order chi connectivity index (χ1) is 9.72. The van der Waals surface area contributed by atoms with Gasteiger partial charge >= 0.3 is 0 Å². The summed E-state index contributed by atoms with van der Waals surface area (Å²) in [6, 6.07) is 20.0. The van der Waals surface area contributed by atoms with Gasteiger partial charge in [0.2, 0.25) is 0 Å². The van der Waals surface area contributed by atoms with Gasteiger partial charge in [-0.3, -0.25) is 0 Å². The minimum absolute atomic E-state index is 0.307. The van der Waals surface area contributed by atoms with Crippen LogP contribution in [0.5, 0.6) is 5.75 Å². The van der Waals surface area contributed by atoms with E-state index in [9.17, 15) is 5.11 Å². The summed E-state index contributed by atoms with van der Waals surface area (Å²) in [4.78, 5) is 0. The lowest BCUT2D eigenvalue weighted by Gasteiger charge is -2.09. The highest BCUT2D eigenvalue weighted by molar-refractivity contribution is 9.10. The predicted octanol–water partition coefficient (Wildman–Crippen LogP) is 4.92. The minimum Gasteiger partial charge on any atom is -0.508 e. The van der Waals surface area contributed by atoms with Crippen molar-refractivity contribution in [3.8, 4) is 5.75 Å². The Labute approximate surface area is 126 Å². The van der Waals surface area contributed by atoms with Crippen LogP contribution in [0.4, 0.5) is 5.69 Å². The molecule has 0 fully saturated rings. The van der Waals surface area contributed by atoms with E-state index in [-0.39, 0.29) is 0 Å². The molecule has 0 heterocycles. The lowest BCUT2D eigenvalue weighted by molar-refractivity contribution is 0.469. The van der Waals surface area contributed by atoms with Crippen molar-refractivity contribution >= 4 is 32.4 Å². The van der Waals surface area contributed by atoms with E-state index in [1.807, 2.05) is 24.3 Å². The van der Waals surface area contributed by atoms with Gasteiger partial charge < -0.3 is 10.4 Å². The number of aromatic hydroxyl groups is 1. The fourth-order valence-electron chi connectivity index (χ4n) is 2.19. The molecule has 0 radical (unpaired) electrons. The molecular weight excluding hydrogens is 314 g/mol. The number of rotatable bonds is 3. The Kier molecular flexibility index (Phi) is 3.61. The Morgan fingerprint density at radius 2 is 1.70 bits per heavy atom. The molecule has 0 atom stereocenters. The summed E-state index contributed by atoms with van der Waals surface area (Å²) < 4.78 is 0.964. The van der Waals surface area contributed by atoms with Crippen molar-refractivity contribution < 1.29 is 5.11 Å². The quantitative estimate of drug-likeness (QED) is 0.715. The predicted molar refractivity (Wildman–Crippen MR) is 87.1 cm³/mol. The van der Waals surface area contributed by atoms with Gasteiger partial charge in [-0.15, -0.1) is 0 Å². The van der Waals surface area contributed by atoms with Gasteiger partial charge in [-0.2, -0.15) is 0 Å². The maximum atomic E-state index is 9.82. The molecule has 2 nitrogen and oxygen atoms in total. The first-order valence-corrected chi connectivity index (χ1v) is 7.22. The molecule has 2 N–H and O–H groups in total. The Hall–Kier alpha value is -2.00. The second-order valence-corrected chi connectivity index (χ2v) is 5.60. The van der Waals surface area contributed by atoms with Crippen molar-refractivity contribution in [2.24, 2.45) is 0 Å². The highest BCUT2D eigenvalue weighted by atomic mass is 79.9. The van der Waals surface area contributed by atoms with Crippen LogP contribution in [0.1, 0.15) is 5.56 Å². The van der Waals surface area contributed by atoms with E-state index in [2.05, 4.69) is 51.6 Å². The summed E-state index contributed by atoms with van der Waals surface area (Å²) in [5, 5.41) is 15.6. The van der Waals surface area contributed by atoms with Crippen molar-refractivity contribution in [1.29, 1.82) is 0 Å². The summed E-state index contributed by atoms with van der Waals surface area (Å²) in [6.45, 7) is 0.587. The summed E-state index contributed by atoms with van der Waals surface area (Å²) >= 11 is 3.42. The molecule has 3 rings (SSSR count). The zero-order chi connectivity index (χ0) is 13.9. The SMILES string of the molecule is Oc1ccc(Br)cc1CNc1ccc2ccccc2c1. The molecule has 0 saturated heterocycles. The van der Waals surface area contributed by atoms with Crippen molar-refractivity contribution in [3.63, 3.8) is 0 Å². The maximum absolute atomic E-state index is 9.82. The number of halogens is 1. The lowest BCUT2D eigenvalue weighted by atomic mass is 10.1. The van der Waals surface area contributed by atoms with Gasteiger partial charge in [0.15, 0.2) is 0 Å². The Bertz CT molecular complexity index is 755. The van der Waals surface area contributed by atoms with Crippen LogP contribution in [0.2, 0.25) is 0 Å². The molecule has 0 amide bonds. The zero-order valence-corrected chi connectivity index (χ0v) is 12.4. The van der Waals surface area contributed by atoms with E-state index in [4.69, 9.17) is 0 Å². The van der Waals surface area contributed by atoms with Crippen molar-refractivity contribution in [3.05, 3.63) is 70.7 Å². The van der Waals surface area contributed by atoms with Gasteiger partial charge in [0.25, 0.3) is 0 Å². The van der Waals surface area contributed by atoms with E-state index in [1.54, 1.807) is 6.07 Å². The molecule has 0 aliphatic rings. The number of phenols is 1. The van der Waals surface area contributed by atoms with Gasteiger partial charge in [0, 0.05) is 22.3 Å². The number of hydrogen-bond acceptors (Lipinski definition) is 2. The van der Waals surface area contributed by atoms with E-state index in [0.29, 0.717) is 12.3 Å². The van der Waals surface area contributed by atoms with Crippen molar-refractivity contribution in [2.45, 2.75) is 6.54 Å². The molecule has 0 unspecified atom stereocenters. The number of benzene rings is 3. The van der Waals surface area contributed by atoms with Crippen LogP contribution in [0.25, 0.3) is 10.8 Å². The monoisotopic (exact) mass is 327 g/mol. The van der Waals surface area contributed by atoms with Crippen LogP contribution < -0.4 is 5.32 Å². The molecule has 0 spiro atoms. The number of phenolic OH excluding ortho intramolecular Hbond substituents is 1. The topological polar surface area (TPSA) is 32.3 Å². The lowest BCUT2D eigenvalue weighted by Crippen LogP contribution is -1.99. The first kappa shape index (κ1) is 13.0. The Morgan fingerprint density at radius 3 is 2.55 bits per heavy atom. The summed E-state index contributed by atoms with van der Waals surface area (Å²) in [7, 11) is 0. The Balaban J connectivity index is 1.81. The van der Waals surface area contributed by atoms with Gasteiger partial charge in [0.1, 0.15) is 5.75 Å². The van der Waals surface area contributed by atoms with Gasteiger partial charge in [-0.25, -0.2) is 0 Å². The molecule has 0 aliphatic heterocycles. The zero-order valence-electron chi connectivity index (χ0n) is 10.8. The summed E-state index contributed by atoms with van der Waals surface area (Å²) in [6.07, 6.45) is 0. The molecule has 3 heteroatoms. The molecule has 0 aromatic heterocycles. The van der Waals surface area contributed by atoms with Crippen LogP contribution in [-0.4, -0.2) is 5.11 Å². The third-order valence-electron chi connectivity index (χ3n) is 3.27. The van der Waals surface area contributed by atoms with Crippen LogP contribution in [0.3, 0.4) is 0 Å². The fourth-order valence-corrected chi connectivity index (χ4v) is 2.60. The second kappa shape index (κ2) is 5.55. The normalized spacial score (nSPS) is 10.7. The molecule has 20 heavy (non-hydrogen) atoms. The first-order valence-electron chi connectivity index (χ1n) is 6.42.